The summed E-state index contributed by atoms with van der Waals surface area (Å²) in [6.07, 6.45) is 2.77. The first-order chi connectivity index (χ1) is 7.72. The van der Waals surface area contributed by atoms with Crippen molar-refractivity contribution in [2.45, 2.75) is 13.0 Å². The molecule has 1 aromatic carbocycles. The molecule has 2 rings (SSSR count). The molecular weight excluding hydrogens is 202 g/mol. The lowest BCUT2D eigenvalue weighted by Crippen LogP contribution is -2.17. The molecule has 16 heavy (non-hydrogen) atoms. The molecule has 0 atom stereocenters. The fourth-order valence-electron chi connectivity index (χ4n) is 1.98. The summed E-state index contributed by atoms with van der Waals surface area (Å²) in [4.78, 5) is 11.0. The van der Waals surface area contributed by atoms with Crippen molar-refractivity contribution in [3.8, 4) is 0 Å². The second kappa shape index (κ2) is 4.37. The molecule has 4 heteroatoms. The number of hydrogen-bond acceptors (Lipinski definition) is 2. The smallest absolute Gasteiger partial charge is 0.237 e. The molecule has 1 aromatic heterocycles. The van der Waals surface area contributed by atoms with Gasteiger partial charge < -0.3 is 16.0 Å². The van der Waals surface area contributed by atoms with E-state index >= 15 is 0 Å². The Labute approximate surface area is 93.8 Å². The first-order valence-corrected chi connectivity index (χ1v) is 5.27. The van der Waals surface area contributed by atoms with Crippen LogP contribution < -0.4 is 11.5 Å². The van der Waals surface area contributed by atoms with Crippen molar-refractivity contribution in [2.75, 3.05) is 6.54 Å². The van der Waals surface area contributed by atoms with Gasteiger partial charge in [0.05, 0.1) is 0 Å². The van der Waals surface area contributed by atoms with E-state index in [9.17, 15) is 4.79 Å². The predicted molar refractivity (Wildman–Crippen MR) is 63.9 cm³/mol. The third-order valence-corrected chi connectivity index (χ3v) is 2.61. The molecule has 4 N–H and O–H groups in total. The molecule has 2 aromatic rings. The third-order valence-electron chi connectivity index (χ3n) is 2.61. The van der Waals surface area contributed by atoms with Crippen LogP contribution in [0.15, 0.2) is 30.5 Å². The number of hydrogen-bond donors (Lipinski definition) is 2. The Bertz CT molecular complexity index is 516. The average molecular weight is 217 g/mol. The minimum absolute atomic E-state index is 0.213. The van der Waals surface area contributed by atoms with E-state index in [4.69, 9.17) is 11.5 Å². The lowest BCUT2D eigenvalue weighted by atomic mass is 10.1. The van der Waals surface area contributed by atoms with Crippen molar-refractivity contribution >= 4 is 16.8 Å². The monoisotopic (exact) mass is 217 g/mol. The van der Waals surface area contributed by atoms with Gasteiger partial charge in [0.15, 0.2) is 0 Å². The summed E-state index contributed by atoms with van der Waals surface area (Å²) < 4.78 is 1.88. The number of carbonyl (C=O) groups is 1. The van der Waals surface area contributed by atoms with Crippen LogP contribution in [0.2, 0.25) is 0 Å². The van der Waals surface area contributed by atoms with Gasteiger partial charge in [-0.05, 0) is 24.6 Å². The standard InChI is InChI=1S/C12H15N3O/c13-6-5-9-7-15(8-12(14)16)11-4-2-1-3-10(9)11/h1-4,7H,5-6,8,13H2,(H2,14,16). The molecule has 1 amide bonds. The Morgan fingerprint density at radius 1 is 1.31 bits per heavy atom. The van der Waals surface area contributed by atoms with Gasteiger partial charge in [-0.3, -0.25) is 4.79 Å². The summed E-state index contributed by atoms with van der Waals surface area (Å²) in [5.74, 6) is -0.333. The summed E-state index contributed by atoms with van der Waals surface area (Å²) in [5, 5.41) is 1.15. The van der Waals surface area contributed by atoms with Crippen LogP contribution in [0.5, 0.6) is 0 Å². The molecular formula is C12H15N3O. The quantitative estimate of drug-likeness (QED) is 0.788. The van der Waals surface area contributed by atoms with Crippen molar-refractivity contribution < 1.29 is 4.79 Å². The normalized spacial score (nSPS) is 10.8. The molecule has 0 aliphatic rings. The first-order valence-electron chi connectivity index (χ1n) is 5.27. The number of aromatic nitrogens is 1. The molecule has 84 valence electrons. The fourth-order valence-corrected chi connectivity index (χ4v) is 1.98. The summed E-state index contributed by atoms with van der Waals surface area (Å²) in [6, 6.07) is 7.96. The van der Waals surface area contributed by atoms with Crippen LogP contribution in [-0.4, -0.2) is 17.0 Å². The van der Waals surface area contributed by atoms with Gasteiger partial charge in [0, 0.05) is 17.1 Å². The molecule has 0 fully saturated rings. The second-order valence-electron chi connectivity index (χ2n) is 3.80. The van der Waals surface area contributed by atoms with Crippen LogP contribution in [0.4, 0.5) is 0 Å². The maximum Gasteiger partial charge on any atom is 0.237 e. The number of para-hydroxylation sites is 1. The molecule has 0 spiro atoms. The highest BCUT2D eigenvalue weighted by atomic mass is 16.1. The van der Waals surface area contributed by atoms with E-state index in [0.717, 1.165) is 17.3 Å². The minimum Gasteiger partial charge on any atom is -0.368 e. The third kappa shape index (κ3) is 1.92. The van der Waals surface area contributed by atoms with Crippen molar-refractivity contribution in [3.63, 3.8) is 0 Å². The molecule has 0 bridgehead atoms. The van der Waals surface area contributed by atoms with Gasteiger partial charge in [0.2, 0.25) is 5.91 Å². The number of carbonyl (C=O) groups excluding carboxylic acids is 1. The van der Waals surface area contributed by atoms with E-state index in [2.05, 4.69) is 0 Å². The van der Waals surface area contributed by atoms with Gasteiger partial charge in [0.25, 0.3) is 0 Å². The lowest BCUT2D eigenvalue weighted by molar-refractivity contribution is -0.118. The molecule has 0 radical (unpaired) electrons. The molecule has 0 saturated carbocycles. The molecule has 1 heterocycles. The molecule has 4 nitrogen and oxygen atoms in total. The minimum atomic E-state index is -0.333. The second-order valence-corrected chi connectivity index (χ2v) is 3.80. The van der Waals surface area contributed by atoms with E-state index < -0.39 is 0 Å². The summed E-state index contributed by atoms with van der Waals surface area (Å²) in [5.41, 5.74) is 13.0. The summed E-state index contributed by atoms with van der Waals surface area (Å²) >= 11 is 0. The number of rotatable bonds is 4. The van der Waals surface area contributed by atoms with E-state index in [-0.39, 0.29) is 12.5 Å². The number of nitrogens with zero attached hydrogens (tertiary/aromatic N) is 1. The highest BCUT2D eigenvalue weighted by molar-refractivity contribution is 5.85. The van der Waals surface area contributed by atoms with Crippen molar-refractivity contribution in [3.05, 3.63) is 36.0 Å². The Morgan fingerprint density at radius 3 is 2.75 bits per heavy atom. The van der Waals surface area contributed by atoms with E-state index in [1.807, 2.05) is 35.0 Å². The van der Waals surface area contributed by atoms with Gasteiger partial charge in [-0.2, -0.15) is 0 Å². The van der Waals surface area contributed by atoms with Crippen molar-refractivity contribution in [1.82, 2.24) is 4.57 Å². The number of nitrogens with two attached hydrogens (primary N) is 2. The van der Waals surface area contributed by atoms with Crippen molar-refractivity contribution in [1.29, 1.82) is 0 Å². The lowest BCUT2D eigenvalue weighted by Gasteiger charge is -2.00. The molecule has 0 unspecified atom stereocenters. The number of fused-ring (bicyclic) bond motifs is 1. The van der Waals surface area contributed by atoms with Crippen LogP contribution in [0.25, 0.3) is 10.9 Å². The Kier molecular flexibility index (Phi) is 2.92. The highest BCUT2D eigenvalue weighted by Crippen LogP contribution is 2.21. The van der Waals surface area contributed by atoms with Crippen LogP contribution in [0.1, 0.15) is 5.56 Å². The maximum atomic E-state index is 11.0. The van der Waals surface area contributed by atoms with Gasteiger partial charge in [0.1, 0.15) is 6.54 Å². The maximum absolute atomic E-state index is 11.0. The Hall–Kier alpha value is -1.81. The zero-order chi connectivity index (χ0) is 11.5. The zero-order valence-electron chi connectivity index (χ0n) is 9.02. The number of primary amides is 1. The average Bonchev–Trinajstić information content (AvgIpc) is 2.58. The number of benzene rings is 1. The Morgan fingerprint density at radius 2 is 2.06 bits per heavy atom. The van der Waals surface area contributed by atoms with Gasteiger partial charge in [-0.1, -0.05) is 18.2 Å². The van der Waals surface area contributed by atoms with Crippen LogP contribution in [0.3, 0.4) is 0 Å². The molecule has 0 saturated heterocycles. The van der Waals surface area contributed by atoms with Crippen LogP contribution in [0, 0.1) is 0 Å². The Balaban J connectivity index is 2.52. The van der Waals surface area contributed by atoms with Gasteiger partial charge in [-0.25, -0.2) is 0 Å². The number of amides is 1. The van der Waals surface area contributed by atoms with Gasteiger partial charge >= 0.3 is 0 Å². The van der Waals surface area contributed by atoms with E-state index in [1.165, 1.54) is 5.56 Å². The molecule has 0 aliphatic carbocycles. The SMILES string of the molecule is NCCc1cn(CC(N)=O)c2ccccc12. The van der Waals surface area contributed by atoms with Gasteiger partial charge in [-0.15, -0.1) is 0 Å². The summed E-state index contributed by atoms with van der Waals surface area (Å²) in [7, 11) is 0. The van der Waals surface area contributed by atoms with Crippen LogP contribution in [-0.2, 0) is 17.8 Å². The predicted octanol–water partition coefficient (Wildman–Crippen LogP) is 0.628. The molecule has 0 aliphatic heterocycles. The largest absolute Gasteiger partial charge is 0.368 e. The zero-order valence-corrected chi connectivity index (χ0v) is 9.02. The first kappa shape index (κ1) is 10.7. The van der Waals surface area contributed by atoms with Crippen molar-refractivity contribution in [2.24, 2.45) is 11.5 Å². The van der Waals surface area contributed by atoms with E-state index in [1.54, 1.807) is 0 Å². The van der Waals surface area contributed by atoms with Crippen LogP contribution >= 0.6 is 0 Å². The summed E-state index contributed by atoms with van der Waals surface area (Å²) in [6.45, 7) is 0.815. The van der Waals surface area contributed by atoms with E-state index in [0.29, 0.717) is 6.54 Å². The topological polar surface area (TPSA) is 74.0 Å². The fraction of sp³-hybridized carbons (Fsp3) is 0.250. The highest BCUT2D eigenvalue weighted by Gasteiger charge is 2.08.